The number of imidazole rings is 1. The maximum atomic E-state index is 12.9. The summed E-state index contributed by atoms with van der Waals surface area (Å²) in [7, 11) is 1.89. The second-order valence-corrected chi connectivity index (χ2v) is 7.56. The third-order valence-corrected chi connectivity index (χ3v) is 5.71. The molecule has 1 N–H and O–H groups in total. The number of amides is 2. The van der Waals surface area contributed by atoms with E-state index in [0.717, 1.165) is 22.0 Å². The maximum Gasteiger partial charge on any atom is 0.240 e. The number of fused-ring (bicyclic) bond motifs is 1. The van der Waals surface area contributed by atoms with Crippen molar-refractivity contribution in [1.29, 1.82) is 0 Å². The van der Waals surface area contributed by atoms with Crippen molar-refractivity contribution in [3.05, 3.63) is 78.4 Å². The van der Waals surface area contributed by atoms with Gasteiger partial charge in [0.25, 0.3) is 0 Å². The van der Waals surface area contributed by atoms with Crippen molar-refractivity contribution in [1.82, 2.24) is 14.9 Å². The van der Waals surface area contributed by atoms with E-state index >= 15 is 0 Å². The number of para-hydroxylation sites is 1. The standard InChI is InChI=1S/C21H20N4O2S/c1-24-12-11-22-21(24)20(15-7-3-2-4-8-15)23-18(26)13-25-16-9-5-6-10-17(16)28-14-19(25)27/h2-12,20H,13-14H2,1H3,(H,23,26). The highest BCUT2D eigenvalue weighted by Crippen LogP contribution is 2.34. The van der Waals surface area contributed by atoms with Crippen molar-refractivity contribution in [3.63, 3.8) is 0 Å². The summed E-state index contributed by atoms with van der Waals surface area (Å²) in [5.74, 6) is 0.783. The molecule has 0 radical (unpaired) electrons. The Morgan fingerprint density at radius 3 is 2.68 bits per heavy atom. The quantitative estimate of drug-likeness (QED) is 0.725. The number of aromatic nitrogens is 2. The second kappa shape index (κ2) is 7.90. The molecule has 0 aliphatic carbocycles. The lowest BCUT2D eigenvalue weighted by molar-refractivity contribution is -0.123. The number of nitrogens with zero attached hydrogens (tertiary/aromatic N) is 3. The zero-order valence-electron chi connectivity index (χ0n) is 15.4. The van der Waals surface area contributed by atoms with Gasteiger partial charge in [0.15, 0.2) is 0 Å². The Hall–Kier alpha value is -3.06. The fraction of sp³-hybridized carbons (Fsp3) is 0.190. The highest BCUT2D eigenvalue weighted by atomic mass is 32.2. The molecule has 0 saturated heterocycles. The lowest BCUT2D eigenvalue weighted by Crippen LogP contribution is -2.44. The minimum Gasteiger partial charge on any atom is -0.341 e. The summed E-state index contributed by atoms with van der Waals surface area (Å²) in [6.45, 7) is -0.0236. The molecule has 2 amide bonds. The van der Waals surface area contributed by atoms with Gasteiger partial charge in [-0.25, -0.2) is 4.98 Å². The molecule has 142 valence electrons. The third-order valence-electron chi connectivity index (χ3n) is 4.66. The summed E-state index contributed by atoms with van der Waals surface area (Å²) in [5, 5.41) is 3.05. The summed E-state index contributed by atoms with van der Waals surface area (Å²) in [6.07, 6.45) is 3.55. The van der Waals surface area contributed by atoms with Gasteiger partial charge >= 0.3 is 0 Å². The SMILES string of the molecule is Cn1ccnc1C(NC(=O)CN1C(=O)CSc2ccccc21)c1ccccc1. The Labute approximate surface area is 167 Å². The molecule has 3 aromatic rings. The summed E-state index contributed by atoms with van der Waals surface area (Å²) in [4.78, 5) is 32.3. The number of hydrogen-bond donors (Lipinski definition) is 1. The minimum atomic E-state index is -0.391. The van der Waals surface area contributed by atoms with Gasteiger partial charge in [0.2, 0.25) is 11.8 Å². The summed E-state index contributed by atoms with van der Waals surface area (Å²) >= 11 is 1.50. The van der Waals surface area contributed by atoms with E-state index in [4.69, 9.17) is 0 Å². The van der Waals surface area contributed by atoms with Gasteiger partial charge in [0.05, 0.1) is 11.4 Å². The number of hydrogen-bond acceptors (Lipinski definition) is 4. The normalized spacial score (nSPS) is 14.5. The summed E-state index contributed by atoms with van der Waals surface area (Å²) in [6, 6.07) is 17.0. The molecule has 1 aromatic heterocycles. The van der Waals surface area contributed by atoms with E-state index in [9.17, 15) is 9.59 Å². The molecule has 0 saturated carbocycles. The highest BCUT2D eigenvalue weighted by Gasteiger charge is 2.28. The lowest BCUT2D eigenvalue weighted by atomic mass is 10.1. The number of aryl methyl sites for hydroxylation is 1. The second-order valence-electron chi connectivity index (χ2n) is 6.54. The van der Waals surface area contributed by atoms with Gasteiger partial charge in [-0.05, 0) is 17.7 Å². The van der Waals surface area contributed by atoms with Crippen LogP contribution in [0.4, 0.5) is 5.69 Å². The van der Waals surface area contributed by atoms with Crippen molar-refractivity contribution < 1.29 is 9.59 Å². The van der Waals surface area contributed by atoms with Crippen molar-refractivity contribution >= 4 is 29.3 Å². The molecule has 4 rings (SSSR count). The molecule has 6 nitrogen and oxygen atoms in total. The summed E-state index contributed by atoms with van der Waals surface area (Å²) < 4.78 is 1.88. The van der Waals surface area contributed by atoms with Gasteiger partial charge < -0.3 is 14.8 Å². The smallest absolute Gasteiger partial charge is 0.240 e. The molecule has 1 unspecified atom stereocenters. The van der Waals surface area contributed by atoms with Crippen LogP contribution in [0.2, 0.25) is 0 Å². The molecule has 1 aliphatic heterocycles. The van der Waals surface area contributed by atoms with Crippen molar-refractivity contribution in [2.75, 3.05) is 17.2 Å². The van der Waals surface area contributed by atoms with E-state index in [1.54, 1.807) is 11.1 Å². The molecule has 2 heterocycles. The first-order valence-electron chi connectivity index (χ1n) is 8.97. The number of nitrogens with one attached hydrogen (secondary N) is 1. The van der Waals surface area contributed by atoms with Gasteiger partial charge in [0, 0.05) is 24.3 Å². The fourth-order valence-corrected chi connectivity index (χ4v) is 4.21. The van der Waals surface area contributed by atoms with Gasteiger partial charge in [-0.1, -0.05) is 42.5 Å². The number of anilines is 1. The molecule has 1 aliphatic rings. The van der Waals surface area contributed by atoms with Crippen LogP contribution in [0.25, 0.3) is 0 Å². The first-order chi connectivity index (χ1) is 13.6. The Morgan fingerprint density at radius 1 is 1.18 bits per heavy atom. The van der Waals surface area contributed by atoms with Crippen LogP contribution in [0.3, 0.4) is 0 Å². The zero-order valence-corrected chi connectivity index (χ0v) is 16.2. The molecule has 2 aromatic carbocycles. The molecule has 7 heteroatoms. The van der Waals surface area contributed by atoms with Crippen LogP contribution in [0, 0.1) is 0 Å². The van der Waals surface area contributed by atoms with Gasteiger partial charge in [-0.2, -0.15) is 0 Å². The fourth-order valence-electron chi connectivity index (χ4n) is 3.28. The predicted molar refractivity (Wildman–Crippen MR) is 109 cm³/mol. The van der Waals surface area contributed by atoms with Crippen molar-refractivity contribution in [2.24, 2.45) is 7.05 Å². The molecule has 0 fully saturated rings. The first-order valence-corrected chi connectivity index (χ1v) is 9.96. The number of benzene rings is 2. The van der Waals surface area contributed by atoms with E-state index < -0.39 is 6.04 Å². The number of rotatable bonds is 5. The van der Waals surface area contributed by atoms with Crippen LogP contribution in [0.1, 0.15) is 17.4 Å². The van der Waals surface area contributed by atoms with Crippen LogP contribution in [-0.2, 0) is 16.6 Å². The Balaban J connectivity index is 1.58. The average molecular weight is 392 g/mol. The Morgan fingerprint density at radius 2 is 1.93 bits per heavy atom. The van der Waals surface area contributed by atoms with Crippen LogP contribution in [0.5, 0.6) is 0 Å². The predicted octanol–water partition coefficient (Wildman–Crippen LogP) is 2.76. The number of carbonyl (C=O) groups excluding carboxylic acids is 2. The van der Waals surface area contributed by atoms with Crippen LogP contribution in [-0.4, -0.2) is 33.7 Å². The molecule has 1 atom stereocenters. The van der Waals surface area contributed by atoms with Crippen LogP contribution in [0.15, 0.2) is 71.9 Å². The van der Waals surface area contributed by atoms with Gasteiger partial charge in [-0.15, -0.1) is 11.8 Å². The molecule has 0 spiro atoms. The highest BCUT2D eigenvalue weighted by molar-refractivity contribution is 8.00. The largest absolute Gasteiger partial charge is 0.341 e. The zero-order chi connectivity index (χ0) is 19.5. The van der Waals surface area contributed by atoms with E-state index in [1.165, 1.54) is 11.8 Å². The van der Waals surface area contributed by atoms with Crippen molar-refractivity contribution in [2.45, 2.75) is 10.9 Å². The van der Waals surface area contributed by atoms with Crippen LogP contribution >= 0.6 is 11.8 Å². The Kier molecular flexibility index (Phi) is 5.16. The number of thioether (sulfide) groups is 1. The molecular weight excluding hydrogens is 372 g/mol. The van der Waals surface area contributed by atoms with Gasteiger partial charge in [0.1, 0.15) is 18.4 Å². The van der Waals surface area contributed by atoms with E-state index in [1.807, 2.05) is 72.4 Å². The number of carbonyl (C=O) groups is 2. The van der Waals surface area contributed by atoms with Crippen LogP contribution < -0.4 is 10.2 Å². The maximum absolute atomic E-state index is 12.9. The topological polar surface area (TPSA) is 67.2 Å². The Bertz CT molecular complexity index is 1000. The van der Waals surface area contributed by atoms with E-state index in [-0.39, 0.29) is 18.4 Å². The van der Waals surface area contributed by atoms with Crippen molar-refractivity contribution in [3.8, 4) is 0 Å². The van der Waals surface area contributed by atoms with E-state index in [0.29, 0.717) is 5.75 Å². The first kappa shape index (κ1) is 18.3. The molecule has 0 bridgehead atoms. The average Bonchev–Trinajstić information content (AvgIpc) is 3.14. The summed E-state index contributed by atoms with van der Waals surface area (Å²) in [5.41, 5.74) is 1.72. The van der Waals surface area contributed by atoms with E-state index in [2.05, 4.69) is 10.3 Å². The third kappa shape index (κ3) is 3.66. The van der Waals surface area contributed by atoms with Gasteiger partial charge in [-0.3, -0.25) is 9.59 Å². The minimum absolute atomic E-state index is 0.0236. The molecule has 28 heavy (non-hydrogen) atoms. The monoisotopic (exact) mass is 392 g/mol. The molecular formula is C21H20N4O2S. The lowest BCUT2D eigenvalue weighted by Gasteiger charge is -2.29.